The van der Waals surface area contributed by atoms with Crippen LogP contribution in [0.15, 0.2) is 48.5 Å². The lowest BCUT2D eigenvalue weighted by molar-refractivity contribution is -0.142. The number of hydrogen-bond acceptors (Lipinski definition) is 4. The molecule has 0 heterocycles. The predicted octanol–water partition coefficient (Wildman–Crippen LogP) is 1.56. The van der Waals surface area contributed by atoms with Crippen LogP contribution in [0.3, 0.4) is 0 Å². The molecule has 150 valence electrons. The molecule has 29 heavy (non-hydrogen) atoms. The number of carbonyl (C=O) groups excluding carboxylic acids is 2. The lowest BCUT2D eigenvalue weighted by atomic mass is 10.00. The highest BCUT2D eigenvalue weighted by molar-refractivity contribution is 5.90. The van der Waals surface area contributed by atoms with E-state index in [-0.39, 0.29) is 12.8 Å². The molecular weight excluding hydrogens is 377 g/mol. The van der Waals surface area contributed by atoms with Crippen molar-refractivity contribution in [3.05, 3.63) is 71.0 Å². The molecule has 0 saturated heterocycles. The van der Waals surface area contributed by atoms with E-state index in [4.69, 9.17) is 5.26 Å². The maximum Gasteiger partial charge on any atom is 0.326 e. The van der Waals surface area contributed by atoms with Crippen molar-refractivity contribution in [3.63, 3.8) is 0 Å². The summed E-state index contributed by atoms with van der Waals surface area (Å²) in [5, 5.41) is 23.5. The first-order valence-corrected chi connectivity index (χ1v) is 8.83. The summed E-state index contributed by atoms with van der Waals surface area (Å²) in [5.41, 5.74) is 1.26. The van der Waals surface area contributed by atoms with Gasteiger partial charge in [-0.05, 0) is 29.3 Å². The summed E-state index contributed by atoms with van der Waals surface area (Å²) >= 11 is 0. The van der Waals surface area contributed by atoms with E-state index in [1.807, 2.05) is 6.07 Å². The van der Waals surface area contributed by atoms with Gasteiger partial charge in [-0.25, -0.2) is 9.18 Å². The van der Waals surface area contributed by atoms with Crippen molar-refractivity contribution >= 4 is 17.8 Å². The van der Waals surface area contributed by atoms with Gasteiger partial charge in [0.15, 0.2) is 0 Å². The average molecular weight is 397 g/mol. The Morgan fingerprint density at radius 1 is 1.07 bits per heavy atom. The summed E-state index contributed by atoms with van der Waals surface area (Å²) in [6.45, 7) is 1.23. The van der Waals surface area contributed by atoms with E-state index >= 15 is 0 Å². The zero-order valence-electron chi connectivity index (χ0n) is 15.7. The molecule has 2 atom stereocenters. The van der Waals surface area contributed by atoms with Crippen LogP contribution in [0.2, 0.25) is 0 Å². The van der Waals surface area contributed by atoms with Crippen molar-refractivity contribution in [1.82, 2.24) is 10.6 Å². The predicted molar refractivity (Wildman–Crippen MR) is 102 cm³/mol. The van der Waals surface area contributed by atoms with Crippen LogP contribution in [0, 0.1) is 17.1 Å². The van der Waals surface area contributed by atoms with Gasteiger partial charge in [0.25, 0.3) is 0 Å². The van der Waals surface area contributed by atoms with Gasteiger partial charge in [-0.2, -0.15) is 5.26 Å². The monoisotopic (exact) mass is 397 g/mol. The fourth-order valence-corrected chi connectivity index (χ4v) is 2.85. The van der Waals surface area contributed by atoms with Crippen LogP contribution in [-0.2, 0) is 27.2 Å². The number of hydrogen-bond donors (Lipinski definition) is 3. The molecular formula is C21H20FN3O4. The number of carboxylic acid groups (broad SMARTS) is 1. The Bertz CT molecular complexity index is 955. The van der Waals surface area contributed by atoms with Crippen LogP contribution in [0.25, 0.3) is 0 Å². The van der Waals surface area contributed by atoms with E-state index < -0.39 is 35.7 Å². The maximum atomic E-state index is 13.4. The molecule has 0 bridgehead atoms. The number of benzene rings is 2. The molecule has 3 N–H and O–H groups in total. The van der Waals surface area contributed by atoms with Crippen LogP contribution in [0.1, 0.15) is 23.6 Å². The standard InChI is InChI=1S/C21H20FN3O4/c1-13(26)24-18(10-14-5-4-8-17(22)9-14)20(27)25-19(21(28)29)11-15-6-2-3-7-16(15)12-23/h2-9,18-19H,10-11H2,1H3,(H,24,26)(H,25,27)(H,28,29)/t18-,19+/m1/s1. The van der Waals surface area contributed by atoms with E-state index in [0.717, 1.165) is 0 Å². The number of carboxylic acids is 1. The number of nitrogens with one attached hydrogen (secondary N) is 2. The van der Waals surface area contributed by atoms with E-state index in [9.17, 15) is 23.9 Å². The van der Waals surface area contributed by atoms with Gasteiger partial charge < -0.3 is 15.7 Å². The molecule has 0 spiro atoms. The second-order valence-electron chi connectivity index (χ2n) is 6.46. The van der Waals surface area contributed by atoms with E-state index in [1.54, 1.807) is 30.3 Å². The van der Waals surface area contributed by atoms with Crippen LogP contribution in [0.5, 0.6) is 0 Å². The third-order valence-electron chi connectivity index (χ3n) is 4.20. The van der Waals surface area contributed by atoms with Gasteiger partial charge >= 0.3 is 5.97 Å². The van der Waals surface area contributed by atoms with E-state index in [1.165, 1.54) is 25.1 Å². The lowest BCUT2D eigenvalue weighted by Crippen LogP contribution is -2.52. The number of nitriles is 1. The third-order valence-corrected chi connectivity index (χ3v) is 4.20. The van der Waals surface area contributed by atoms with Gasteiger partial charge in [0, 0.05) is 19.8 Å². The first-order chi connectivity index (χ1) is 13.8. The Morgan fingerprint density at radius 3 is 2.41 bits per heavy atom. The zero-order valence-corrected chi connectivity index (χ0v) is 15.7. The third kappa shape index (κ3) is 6.43. The molecule has 2 aromatic carbocycles. The van der Waals surface area contributed by atoms with Crippen molar-refractivity contribution in [3.8, 4) is 6.07 Å². The number of halogens is 1. The molecule has 8 heteroatoms. The molecule has 7 nitrogen and oxygen atoms in total. The largest absolute Gasteiger partial charge is 0.480 e. The van der Waals surface area contributed by atoms with Crippen molar-refractivity contribution in [2.45, 2.75) is 31.8 Å². The number of rotatable bonds is 8. The number of aliphatic carboxylic acids is 1. The SMILES string of the molecule is CC(=O)N[C@H](Cc1cccc(F)c1)C(=O)N[C@@H](Cc1ccccc1C#N)C(=O)O. The molecule has 0 aromatic heterocycles. The molecule has 0 fully saturated rings. The Balaban J connectivity index is 2.18. The molecule has 2 amide bonds. The Morgan fingerprint density at radius 2 is 1.79 bits per heavy atom. The minimum atomic E-state index is -1.30. The fourth-order valence-electron chi connectivity index (χ4n) is 2.85. The number of amides is 2. The maximum absolute atomic E-state index is 13.4. The van der Waals surface area contributed by atoms with Gasteiger partial charge in [-0.15, -0.1) is 0 Å². The molecule has 2 aromatic rings. The van der Waals surface area contributed by atoms with Crippen LogP contribution in [0.4, 0.5) is 4.39 Å². The van der Waals surface area contributed by atoms with E-state index in [0.29, 0.717) is 16.7 Å². The summed E-state index contributed by atoms with van der Waals surface area (Å²) in [7, 11) is 0. The fraction of sp³-hybridized carbons (Fsp3) is 0.238. The van der Waals surface area contributed by atoms with Crippen LogP contribution < -0.4 is 10.6 Å². The lowest BCUT2D eigenvalue weighted by Gasteiger charge is -2.21. The molecule has 0 aliphatic carbocycles. The summed E-state index contributed by atoms with van der Waals surface area (Å²) in [6.07, 6.45) is -0.109. The summed E-state index contributed by atoms with van der Waals surface area (Å²) in [6, 6.07) is 11.7. The molecule has 0 radical (unpaired) electrons. The Labute approximate surface area is 167 Å². The quantitative estimate of drug-likeness (QED) is 0.624. The Kier molecular flexibility index (Phi) is 7.43. The van der Waals surface area contributed by atoms with Gasteiger partial charge in [0.1, 0.15) is 17.9 Å². The second kappa shape index (κ2) is 9.99. The minimum absolute atomic E-state index is 0.00963. The average Bonchev–Trinajstić information content (AvgIpc) is 2.66. The highest BCUT2D eigenvalue weighted by Gasteiger charge is 2.27. The molecule has 0 aliphatic heterocycles. The van der Waals surface area contributed by atoms with Crippen LogP contribution >= 0.6 is 0 Å². The summed E-state index contributed by atoms with van der Waals surface area (Å²) < 4.78 is 13.4. The van der Waals surface area contributed by atoms with Crippen molar-refractivity contribution in [2.75, 3.05) is 0 Å². The first-order valence-electron chi connectivity index (χ1n) is 8.83. The van der Waals surface area contributed by atoms with Gasteiger partial charge in [0.2, 0.25) is 11.8 Å². The van der Waals surface area contributed by atoms with Crippen molar-refractivity contribution in [1.29, 1.82) is 5.26 Å². The topological polar surface area (TPSA) is 119 Å². The van der Waals surface area contributed by atoms with Gasteiger partial charge in [0.05, 0.1) is 11.6 Å². The van der Waals surface area contributed by atoms with E-state index in [2.05, 4.69) is 10.6 Å². The molecule has 2 rings (SSSR count). The van der Waals surface area contributed by atoms with Crippen LogP contribution in [-0.4, -0.2) is 35.0 Å². The summed E-state index contributed by atoms with van der Waals surface area (Å²) in [5.74, 6) is -2.96. The second-order valence-corrected chi connectivity index (χ2v) is 6.46. The van der Waals surface area contributed by atoms with Gasteiger partial charge in [-0.1, -0.05) is 30.3 Å². The number of carbonyl (C=O) groups is 3. The van der Waals surface area contributed by atoms with Crippen molar-refractivity contribution < 1.29 is 23.9 Å². The summed E-state index contributed by atoms with van der Waals surface area (Å²) in [4.78, 5) is 35.8. The molecule has 0 aliphatic rings. The first kappa shape index (κ1) is 21.6. The zero-order chi connectivity index (χ0) is 21.4. The highest BCUT2D eigenvalue weighted by atomic mass is 19.1. The Hall–Kier alpha value is -3.73. The van der Waals surface area contributed by atoms with Crippen molar-refractivity contribution in [2.24, 2.45) is 0 Å². The molecule has 0 saturated carbocycles. The molecule has 0 unspecified atom stereocenters. The smallest absolute Gasteiger partial charge is 0.326 e. The number of nitrogens with zero attached hydrogens (tertiary/aromatic N) is 1. The normalized spacial score (nSPS) is 12.3. The minimum Gasteiger partial charge on any atom is -0.480 e. The highest BCUT2D eigenvalue weighted by Crippen LogP contribution is 2.11. The van der Waals surface area contributed by atoms with Gasteiger partial charge in [-0.3, -0.25) is 9.59 Å².